The largest absolute Gasteiger partial charge is 0.455 e. The zero-order valence-electron chi connectivity index (χ0n) is 55.5. The van der Waals surface area contributed by atoms with E-state index in [4.69, 9.17) is 42.3 Å². The first-order chi connectivity index (χ1) is 46.7. The molecule has 12 aromatic rings. The summed E-state index contributed by atoms with van der Waals surface area (Å²) in [5, 5.41) is 4.64. The second kappa shape index (κ2) is 28.3. The topological polar surface area (TPSA) is 95.2 Å². The van der Waals surface area contributed by atoms with Crippen LogP contribution in [-0.2, 0) is 48.7 Å². The predicted octanol–water partition coefficient (Wildman–Crippen LogP) is 18.8. The Balaban J connectivity index is 0.879. The molecule has 2 aromatic heterocycles. The smallest absolute Gasteiger partial charge is 0.143 e. The first kappa shape index (κ1) is 63.7. The molecule has 2 aliphatic rings. The number of furan rings is 1. The molecule has 0 amide bonds. The van der Waals surface area contributed by atoms with E-state index < -0.39 is 10.8 Å². The molecule has 0 aliphatic heterocycles. The van der Waals surface area contributed by atoms with Crippen molar-refractivity contribution >= 4 is 60.8 Å². The summed E-state index contributed by atoms with van der Waals surface area (Å²) < 4.78 is 56.2. The highest BCUT2D eigenvalue weighted by Gasteiger charge is 2.45. The Bertz CT molecular complexity index is 4510. The minimum Gasteiger partial charge on any atom is -0.455 e. The molecule has 0 N–H and O–H groups in total. The standard InChI is InChI=1S/C84H84N2O9/c1-57-18-31-67-69-33-29-64(55-77(69)83(75(67)52-57,36-40-91-48-44-87-3)37-41-92-49-45-88-4)85(65-30-34-70-68-32-19-58(2)53-76(68)84(78(70)56-65,38-42-93-50-46-89-5)39-43-94-51-47-90-6)62-25-20-59(21-26-62)61-24-35-80-74(54-61)71-12-7-9-16-79(71)86(80)63-27-22-60(23-28-63)66-14-11-15-73-72-13-8-10-17-81(72)95-82(66)73/h7-35,52-56H,36-51H2,1-6H3. The Morgan fingerprint density at radius 1 is 0.337 bits per heavy atom. The summed E-state index contributed by atoms with van der Waals surface area (Å²) in [6.45, 7) is 10.8. The van der Waals surface area contributed by atoms with Crippen LogP contribution in [0.4, 0.5) is 17.1 Å². The van der Waals surface area contributed by atoms with Gasteiger partial charge < -0.3 is 51.8 Å². The number of anilines is 3. The van der Waals surface area contributed by atoms with Crippen LogP contribution in [0, 0.1) is 13.8 Å². The molecule has 0 spiro atoms. The predicted molar refractivity (Wildman–Crippen MR) is 385 cm³/mol. The van der Waals surface area contributed by atoms with Crippen molar-refractivity contribution in [3.8, 4) is 50.2 Å². The van der Waals surface area contributed by atoms with Crippen LogP contribution in [0.2, 0.25) is 0 Å². The number of hydrogen-bond acceptors (Lipinski definition) is 10. The number of methoxy groups -OCH3 is 4. The van der Waals surface area contributed by atoms with Gasteiger partial charge in [-0.2, -0.15) is 0 Å². The van der Waals surface area contributed by atoms with Crippen molar-refractivity contribution in [2.75, 3.05) is 113 Å². The molecule has 2 heterocycles. The van der Waals surface area contributed by atoms with Crippen LogP contribution in [0.5, 0.6) is 0 Å². The van der Waals surface area contributed by atoms with E-state index >= 15 is 0 Å². The van der Waals surface area contributed by atoms with E-state index in [-0.39, 0.29) is 0 Å². The maximum Gasteiger partial charge on any atom is 0.143 e. The number of aryl methyl sites for hydroxylation is 2. The van der Waals surface area contributed by atoms with Crippen LogP contribution in [0.3, 0.4) is 0 Å². The molecule has 484 valence electrons. The van der Waals surface area contributed by atoms with Gasteiger partial charge in [-0.05, 0) is 174 Å². The highest BCUT2D eigenvalue weighted by Crippen LogP contribution is 2.57. The number of aromatic nitrogens is 1. The summed E-state index contributed by atoms with van der Waals surface area (Å²) in [5.74, 6) is 0. The van der Waals surface area contributed by atoms with Gasteiger partial charge in [0.25, 0.3) is 0 Å². The van der Waals surface area contributed by atoms with Crippen LogP contribution in [0.1, 0.15) is 59.1 Å². The van der Waals surface area contributed by atoms with E-state index in [1.54, 1.807) is 28.4 Å². The quantitative estimate of drug-likeness (QED) is 0.0405. The maximum absolute atomic E-state index is 6.47. The molecular weight excluding hydrogens is 1180 g/mol. The van der Waals surface area contributed by atoms with Crippen molar-refractivity contribution in [1.82, 2.24) is 4.57 Å². The average Bonchev–Trinajstić information content (AvgIpc) is 1.58. The van der Waals surface area contributed by atoms with E-state index in [0.717, 1.165) is 104 Å². The van der Waals surface area contributed by atoms with Gasteiger partial charge in [-0.15, -0.1) is 0 Å². The Kier molecular flexibility index (Phi) is 19.0. The molecule has 0 radical (unpaired) electrons. The molecule has 11 nitrogen and oxygen atoms in total. The van der Waals surface area contributed by atoms with Gasteiger partial charge in [-0.1, -0.05) is 145 Å². The molecule has 0 bridgehead atoms. The molecule has 11 heteroatoms. The molecule has 14 rings (SSSR count). The van der Waals surface area contributed by atoms with Gasteiger partial charge in [0.15, 0.2) is 0 Å². The molecule has 10 aromatic carbocycles. The van der Waals surface area contributed by atoms with Gasteiger partial charge in [0.2, 0.25) is 0 Å². The van der Waals surface area contributed by atoms with Crippen molar-refractivity contribution < 1.29 is 42.3 Å². The Morgan fingerprint density at radius 3 is 1.32 bits per heavy atom. The van der Waals surface area contributed by atoms with E-state index in [9.17, 15) is 0 Å². The Labute approximate surface area is 557 Å². The fourth-order valence-electron chi connectivity index (χ4n) is 15.2. The van der Waals surface area contributed by atoms with Crippen LogP contribution in [0.15, 0.2) is 211 Å². The van der Waals surface area contributed by atoms with Gasteiger partial charge in [0.05, 0.1) is 63.9 Å². The van der Waals surface area contributed by atoms with Gasteiger partial charge in [0.1, 0.15) is 11.2 Å². The highest BCUT2D eigenvalue weighted by atomic mass is 16.5. The zero-order chi connectivity index (χ0) is 64.9. The molecule has 0 saturated heterocycles. The number of hydrogen-bond donors (Lipinski definition) is 0. The minimum atomic E-state index is -0.419. The Hall–Kier alpha value is -8.72. The second-order valence-electron chi connectivity index (χ2n) is 25.4. The SMILES string of the molecule is COCCOCCC1(CCOCCOC)c2cc(C)ccc2-c2ccc(N(c3ccc(-c4ccc5c(c4)c4ccccc4n5-c4ccc(-c5cccc6c5oc5ccccc56)cc4)cc3)c3ccc4c(c3)C(CCOCCOC)(CCOCCOC)c3cc(C)ccc3-4)cc21. The summed E-state index contributed by atoms with van der Waals surface area (Å²) in [6.07, 6.45) is 3.06. The number of rotatable bonds is 30. The summed E-state index contributed by atoms with van der Waals surface area (Å²) in [5.41, 5.74) is 24.5. The third-order valence-corrected chi connectivity index (χ3v) is 19.9. The van der Waals surface area contributed by atoms with Gasteiger partial charge >= 0.3 is 0 Å². The van der Waals surface area contributed by atoms with Crippen LogP contribution in [0.25, 0.3) is 93.9 Å². The van der Waals surface area contributed by atoms with E-state index in [0.29, 0.717) is 79.3 Å². The molecule has 95 heavy (non-hydrogen) atoms. The van der Waals surface area contributed by atoms with Crippen molar-refractivity contribution in [3.63, 3.8) is 0 Å². The zero-order valence-corrected chi connectivity index (χ0v) is 55.5. The summed E-state index contributed by atoms with van der Waals surface area (Å²) in [6, 6.07) is 76.7. The lowest BCUT2D eigenvalue weighted by Gasteiger charge is -2.35. The third kappa shape index (κ3) is 12.2. The van der Waals surface area contributed by atoms with Crippen molar-refractivity contribution in [2.24, 2.45) is 0 Å². The molecule has 0 unspecified atom stereocenters. The van der Waals surface area contributed by atoms with Crippen molar-refractivity contribution in [2.45, 2.75) is 50.4 Å². The summed E-state index contributed by atoms with van der Waals surface area (Å²) in [4.78, 5) is 2.47. The Morgan fingerprint density at radius 2 is 0.779 bits per heavy atom. The minimum absolute atomic E-state index is 0.419. The van der Waals surface area contributed by atoms with E-state index in [2.05, 4.69) is 217 Å². The molecule has 0 atom stereocenters. The molecule has 0 saturated carbocycles. The number of fused-ring (bicyclic) bond motifs is 12. The monoisotopic (exact) mass is 1260 g/mol. The fraction of sp³-hybridized carbons (Fsp3) is 0.286. The van der Waals surface area contributed by atoms with Crippen molar-refractivity contribution in [3.05, 3.63) is 240 Å². The number of benzene rings is 10. The van der Waals surface area contributed by atoms with E-state index in [1.807, 2.05) is 12.1 Å². The van der Waals surface area contributed by atoms with Gasteiger partial charge in [-0.3, -0.25) is 0 Å². The van der Waals surface area contributed by atoms with Crippen LogP contribution < -0.4 is 4.90 Å². The first-order valence-corrected chi connectivity index (χ1v) is 33.5. The van der Waals surface area contributed by atoms with Gasteiger partial charge in [0, 0.05) is 116 Å². The summed E-state index contributed by atoms with van der Waals surface area (Å²) >= 11 is 0. The van der Waals surface area contributed by atoms with Crippen LogP contribution in [-0.4, -0.2) is 112 Å². The average molecular weight is 1270 g/mol. The lowest BCUT2D eigenvalue weighted by molar-refractivity contribution is 0.0490. The maximum atomic E-state index is 6.47. The fourth-order valence-corrected chi connectivity index (χ4v) is 15.2. The van der Waals surface area contributed by atoms with Crippen molar-refractivity contribution in [1.29, 1.82) is 0 Å². The summed E-state index contributed by atoms with van der Waals surface area (Å²) in [7, 11) is 6.89. The van der Waals surface area contributed by atoms with Gasteiger partial charge in [-0.25, -0.2) is 0 Å². The third-order valence-electron chi connectivity index (χ3n) is 19.9. The number of ether oxygens (including phenoxy) is 8. The number of para-hydroxylation sites is 3. The first-order valence-electron chi connectivity index (χ1n) is 33.5. The molecular formula is C84H84N2O9. The highest BCUT2D eigenvalue weighted by molar-refractivity contribution is 6.11. The number of nitrogens with zero attached hydrogens (tertiary/aromatic N) is 2. The lowest BCUT2D eigenvalue weighted by Crippen LogP contribution is -2.30. The normalized spacial score (nSPS) is 13.5. The lowest BCUT2D eigenvalue weighted by atomic mass is 9.72. The second-order valence-corrected chi connectivity index (χ2v) is 25.4. The molecule has 2 aliphatic carbocycles. The van der Waals surface area contributed by atoms with E-state index in [1.165, 1.54) is 66.4 Å². The van der Waals surface area contributed by atoms with Crippen LogP contribution >= 0.6 is 0 Å². The molecule has 0 fully saturated rings.